The molecule has 0 heterocycles. The molecule has 1 N–H and O–H groups in total. The standard InChI is InChI=1S/C7H11O2/c1-5(2)7(9)4-6(3)8/h4,6,8H,1H2,2-3H3. The van der Waals surface area contributed by atoms with Crippen LogP contribution >= 0.6 is 0 Å². The number of aliphatic hydroxyl groups excluding tert-OH is 1. The van der Waals surface area contributed by atoms with Gasteiger partial charge in [-0.15, -0.1) is 0 Å². The lowest BCUT2D eigenvalue weighted by molar-refractivity contribution is -0.113. The fourth-order valence-electron chi connectivity index (χ4n) is 0.361. The van der Waals surface area contributed by atoms with Crippen LogP contribution in [0.25, 0.3) is 0 Å². The van der Waals surface area contributed by atoms with Gasteiger partial charge in [0.1, 0.15) is 0 Å². The van der Waals surface area contributed by atoms with Crippen LogP contribution in [0.15, 0.2) is 12.2 Å². The van der Waals surface area contributed by atoms with E-state index in [1.165, 1.54) is 13.3 Å². The van der Waals surface area contributed by atoms with Gasteiger partial charge in [0.25, 0.3) is 0 Å². The Labute approximate surface area is 55.2 Å². The van der Waals surface area contributed by atoms with Crippen molar-refractivity contribution in [2.24, 2.45) is 0 Å². The maximum atomic E-state index is 10.6. The van der Waals surface area contributed by atoms with Gasteiger partial charge in [-0.2, -0.15) is 0 Å². The highest BCUT2D eigenvalue weighted by atomic mass is 16.3. The number of carbonyl (C=O) groups is 1. The summed E-state index contributed by atoms with van der Waals surface area (Å²) >= 11 is 0. The van der Waals surface area contributed by atoms with Crippen LogP contribution in [0.5, 0.6) is 0 Å². The summed E-state index contributed by atoms with van der Waals surface area (Å²) in [5.41, 5.74) is 0.455. The lowest BCUT2D eigenvalue weighted by Gasteiger charge is -1.99. The Hall–Kier alpha value is -0.630. The van der Waals surface area contributed by atoms with E-state index in [9.17, 15) is 4.79 Å². The summed E-state index contributed by atoms with van der Waals surface area (Å²) in [6.07, 6.45) is 0.552. The molecule has 0 aromatic rings. The number of hydrogen-bond acceptors (Lipinski definition) is 2. The fourth-order valence-corrected chi connectivity index (χ4v) is 0.361. The van der Waals surface area contributed by atoms with Crippen molar-refractivity contribution in [2.45, 2.75) is 20.0 Å². The number of Topliss-reactive ketones (excluding diaryl/α,β-unsaturated/α-hetero) is 1. The second kappa shape index (κ2) is 3.41. The van der Waals surface area contributed by atoms with E-state index in [0.29, 0.717) is 5.57 Å². The third-order valence-corrected chi connectivity index (χ3v) is 0.813. The highest BCUT2D eigenvalue weighted by Gasteiger charge is 2.05. The van der Waals surface area contributed by atoms with E-state index < -0.39 is 6.10 Å². The van der Waals surface area contributed by atoms with E-state index in [0.717, 1.165) is 0 Å². The summed E-state index contributed by atoms with van der Waals surface area (Å²) in [7, 11) is 0. The Morgan fingerprint density at radius 1 is 1.78 bits per heavy atom. The number of carbonyl (C=O) groups excluding carboxylic acids is 1. The molecule has 0 saturated heterocycles. The molecule has 1 radical (unpaired) electrons. The van der Waals surface area contributed by atoms with Crippen LogP contribution in [0.2, 0.25) is 0 Å². The highest BCUT2D eigenvalue weighted by Crippen LogP contribution is 1.96. The van der Waals surface area contributed by atoms with Gasteiger partial charge < -0.3 is 5.11 Å². The molecule has 51 valence electrons. The van der Waals surface area contributed by atoms with E-state index >= 15 is 0 Å². The first-order chi connectivity index (χ1) is 4.04. The van der Waals surface area contributed by atoms with Gasteiger partial charge in [-0.3, -0.25) is 4.79 Å². The summed E-state index contributed by atoms with van der Waals surface area (Å²) < 4.78 is 0. The predicted molar refractivity (Wildman–Crippen MR) is 35.8 cm³/mol. The molecule has 0 aliphatic heterocycles. The minimum absolute atomic E-state index is 0.190. The van der Waals surface area contributed by atoms with E-state index in [1.807, 2.05) is 0 Å². The van der Waals surface area contributed by atoms with Crippen molar-refractivity contribution in [3.8, 4) is 0 Å². The molecule has 0 aromatic heterocycles. The zero-order valence-corrected chi connectivity index (χ0v) is 5.72. The lowest BCUT2D eigenvalue weighted by atomic mass is 10.1. The molecule has 1 atom stereocenters. The van der Waals surface area contributed by atoms with Crippen LogP contribution < -0.4 is 0 Å². The second-order valence-electron chi connectivity index (χ2n) is 2.05. The molecule has 9 heavy (non-hydrogen) atoms. The first-order valence-electron chi connectivity index (χ1n) is 2.77. The zero-order valence-electron chi connectivity index (χ0n) is 5.72. The third-order valence-electron chi connectivity index (χ3n) is 0.813. The topological polar surface area (TPSA) is 37.3 Å². The van der Waals surface area contributed by atoms with E-state index in [1.54, 1.807) is 6.92 Å². The Kier molecular flexibility index (Phi) is 3.17. The minimum Gasteiger partial charge on any atom is -0.393 e. The Bertz CT molecular complexity index is 125. The molecule has 0 saturated carbocycles. The molecular weight excluding hydrogens is 116 g/mol. The monoisotopic (exact) mass is 127 g/mol. The van der Waals surface area contributed by atoms with E-state index in [-0.39, 0.29) is 5.78 Å². The number of rotatable bonds is 3. The number of hydrogen-bond donors (Lipinski definition) is 1. The van der Waals surface area contributed by atoms with Gasteiger partial charge in [0.2, 0.25) is 0 Å². The molecule has 2 heteroatoms. The number of ketones is 1. The van der Waals surface area contributed by atoms with Crippen LogP contribution in [-0.2, 0) is 4.79 Å². The van der Waals surface area contributed by atoms with Gasteiger partial charge in [0, 0.05) is 0 Å². The van der Waals surface area contributed by atoms with Crippen LogP contribution in [0, 0.1) is 6.42 Å². The van der Waals surface area contributed by atoms with Crippen molar-refractivity contribution < 1.29 is 9.90 Å². The van der Waals surface area contributed by atoms with E-state index in [4.69, 9.17) is 5.11 Å². The Balaban J connectivity index is 3.65. The highest BCUT2D eigenvalue weighted by molar-refractivity contribution is 6.01. The quantitative estimate of drug-likeness (QED) is 0.567. The molecule has 0 rings (SSSR count). The van der Waals surface area contributed by atoms with Crippen molar-refractivity contribution in [1.82, 2.24) is 0 Å². The van der Waals surface area contributed by atoms with Crippen LogP contribution in [0.4, 0.5) is 0 Å². The summed E-state index contributed by atoms with van der Waals surface area (Å²) in [5, 5.41) is 8.65. The SMILES string of the molecule is C=C(C)C(=O)[CH]C(C)O. The van der Waals surface area contributed by atoms with Crippen molar-refractivity contribution >= 4 is 5.78 Å². The molecule has 1 unspecified atom stereocenters. The van der Waals surface area contributed by atoms with Gasteiger partial charge in [0.05, 0.1) is 12.5 Å². The van der Waals surface area contributed by atoms with Crippen molar-refractivity contribution in [2.75, 3.05) is 0 Å². The maximum absolute atomic E-state index is 10.6. The summed E-state index contributed by atoms with van der Waals surface area (Å²) in [4.78, 5) is 10.6. The molecular formula is C7H11O2. The summed E-state index contributed by atoms with van der Waals surface area (Å²) in [5.74, 6) is -0.190. The molecule has 2 nitrogen and oxygen atoms in total. The summed E-state index contributed by atoms with van der Waals surface area (Å²) in [6, 6.07) is 0. The average molecular weight is 127 g/mol. The van der Waals surface area contributed by atoms with Crippen LogP contribution in [-0.4, -0.2) is 17.0 Å². The molecule has 0 spiro atoms. The third kappa shape index (κ3) is 3.91. The number of aliphatic hydroxyl groups is 1. The van der Waals surface area contributed by atoms with Gasteiger partial charge in [-0.05, 0) is 19.4 Å². The first kappa shape index (κ1) is 8.37. The van der Waals surface area contributed by atoms with Crippen molar-refractivity contribution in [3.05, 3.63) is 18.6 Å². The van der Waals surface area contributed by atoms with Gasteiger partial charge in [-0.1, -0.05) is 6.58 Å². The number of allylic oxidation sites excluding steroid dienone is 1. The molecule has 0 aromatic carbocycles. The smallest absolute Gasteiger partial charge is 0.164 e. The molecule has 0 aliphatic rings. The van der Waals surface area contributed by atoms with Crippen molar-refractivity contribution in [3.63, 3.8) is 0 Å². The normalized spacial score (nSPS) is 12.8. The van der Waals surface area contributed by atoms with Gasteiger partial charge in [0.15, 0.2) is 5.78 Å². The fraction of sp³-hybridized carbons (Fsp3) is 0.429. The molecule has 0 aliphatic carbocycles. The first-order valence-corrected chi connectivity index (χ1v) is 2.77. The van der Waals surface area contributed by atoms with E-state index in [2.05, 4.69) is 6.58 Å². The van der Waals surface area contributed by atoms with Crippen molar-refractivity contribution in [1.29, 1.82) is 0 Å². The predicted octanol–water partition coefficient (Wildman–Crippen LogP) is 0.717. The van der Waals surface area contributed by atoms with Crippen LogP contribution in [0.3, 0.4) is 0 Å². The largest absolute Gasteiger partial charge is 0.393 e. The Morgan fingerprint density at radius 2 is 2.22 bits per heavy atom. The molecule has 0 amide bonds. The zero-order chi connectivity index (χ0) is 7.44. The molecule has 0 fully saturated rings. The van der Waals surface area contributed by atoms with Crippen LogP contribution in [0.1, 0.15) is 13.8 Å². The lowest BCUT2D eigenvalue weighted by Crippen LogP contribution is -2.10. The minimum atomic E-state index is -0.672. The maximum Gasteiger partial charge on any atom is 0.164 e. The average Bonchev–Trinajstić information content (AvgIpc) is 1.63. The Morgan fingerprint density at radius 3 is 2.33 bits per heavy atom. The second-order valence-corrected chi connectivity index (χ2v) is 2.05. The van der Waals surface area contributed by atoms with Gasteiger partial charge in [-0.25, -0.2) is 0 Å². The molecule has 0 bridgehead atoms. The van der Waals surface area contributed by atoms with Gasteiger partial charge >= 0.3 is 0 Å². The summed E-state index contributed by atoms with van der Waals surface area (Å²) in [6.45, 7) is 6.56.